The zero-order valence-corrected chi connectivity index (χ0v) is 14.7. The average molecular weight is 338 g/mol. The van der Waals surface area contributed by atoms with Gasteiger partial charge in [-0.15, -0.1) is 11.3 Å². The van der Waals surface area contributed by atoms with E-state index >= 15 is 0 Å². The summed E-state index contributed by atoms with van der Waals surface area (Å²) in [7, 11) is 5.90. The van der Waals surface area contributed by atoms with E-state index in [1.807, 2.05) is 49.4 Å². The lowest BCUT2D eigenvalue weighted by Gasteiger charge is -2.06. The van der Waals surface area contributed by atoms with Crippen LogP contribution < -0.4 is 20.6 Å². The normalized spacial score (nSPS) is 12.8. The molecule has 0 bridgehead atoms. The minimum Gasteiger partial charge on any atom is -0.289 e. The van der Waals surface area contributed by atoms with Gasteiger partial charge in [-0.05, 0) is 58.8 Å². The van der Waals surface area contributed by atoms with Gasteiger partial charge in [0.05, 0.1) is 0 Å². The number of allylic oxidation sites excluding steroid dienone is 2. The van der Waals surface area contributed by atoms with Gasteiger partial charge in [0.25, 0.3) is 0 Å². The SMILES string of the molecule is [B]c1ccc2cc3cc4sc(=C)/c(=C\C=C/C)c(=O)c4cc3cc2c1. The Hall–Kier alpha value is -2.65. The van der Waals surface area contributed by atoms with Crippen molar-refractivity contribution in [2.24, 2.45) is 0 Å². The van der Waals surface area contributed by atoms with Crippen LogP contribution in [-0.2, 0) is 0 Å². The monoisotopic (exact) mass is 338 g/mol. The molecule has 4 rings (SSSR count). The number of fused-ring (bicyclic) bond motifs is 3. The Morgan fingerprint density at radius 3 is 2.52 bits per heavy atom. The molecule has 0 amide bonds. The summed E-state index contributed by atoms with van der Waals surface area (Å²) in [4.78, 5) is 12.9. The quantitative estimate of drug-likeness (QED) is 0.385. The van der Waals surface area contributed by atoms with Crippen LogP contribution >= 0.6 is 11.3 Å². The zero-order valence-electron chi connectivity index (χ0n) is 13.9. The van der Waals surface area contributed by atoms with Gasteiger partial charge in [0.2, 0.25) is 0 Å². The summed E-state index contributed by atoms with van der Waals surface area (Å²) in [6, 6.07) is 14.2. The summed E-state index contributed by atoms with van der Waals surface area (Å²) in [5.74, 6) is 0. The molecular weight excluding hydrogens is 323 g/mol. The summed E-state index contributed by atoms with van der Waals surface area (Å²) in [6.07, 6.45) is 5.62. The largest absolute Gasteiger partial charge is 0.289 e. The molecule has 0 unspecified atom stereocenters. The van der Waals surface area contributed by atoms with Crippen molar-refractivity contribution >= 4 is 68.9 Å². The number of benzene rings is 3. The summed E-state index contributed by atoms with van der Waals surface area (Å²) < 4.78 is 1.76. The first kappa shape index (κ1) is 15.9. The molecule has 3 heteroatoms. The molecule has 3 aromatic carbocycles. The Labute approximate surface area is 150 Å². The first-order chi connectivity index (χ1) is 12.1. The highest BCUT2D eigenvalue weighted by atomic mass is 32.1. The van der Waals surface area contributed by atoms with Gasteiger partial charge in [-0.1, -0.05) is 42.4 Å². The van der Waals surface area contributed by atoms with E-state index in [-0.39, 0.29) is 5.43 Å². The van der Waals surface area contributed by atoms with Gasteiger partial charge in [-0.25, -0.2) is 0 Å². The number of hydrogen-bond acceptors (Lipinski definition) is 2. The van der Waals surface area contributed by atoms with Crippen molar-refractivity contribution in [2.45, 2.75) is 6.92 Å². The lowest BCUT2D eigenvalue weighted by molar-refractivity contribution is 1.58. The van der Waals surface area contributed by atoms with Crippen molar-refractivity contribution in [2.75, 3.05) is 0 Å². The third-order valence-corrected chi connectivity index (χ3v) is 5.42. The molecule has 1 aromatic heterocycles. The fraction of sp³-hybridized carbons (Fsp3) is 0.0455. The van der Waals surface area contributed by atoms with Crippen molar-refractivity contribution in [3.63, 3.8) is 0 Å². The van der Waals surface area contributed by atoms with Crippen molar-refractivity contribution in [3.8, 4) is 0 Å². The van der Waals surface area contributed by atoms with E-state index < -0.39 is 0 Å². The van der Waals surface area contributed by atoms with E-state index in [1.54, 1.807) is 11.3 Å². The lowest BCUT2D eigenvalue weighted by atomic mass is 9.92. The minimum absolute atomic E-state index is 0.0337. The van der Waals surface area contributed by atoms with Crippen molar-refractivity contribution in [1.29, 1.82) is 0 Å². The topological polar surface area (TPSA) is 17.1 Å². The third kappa shape index (κ3) is 2.71. The molecule has 0 N–H and O–H groups in total. The van der Waals surface area contributed by atoms with E-state index in [0.29, 0.717) is 5.22 Å². The standard InChI is InChI=1S/C22H15BOS/c1-3-4-5-19-13(2)25-21-12-17-8-14-6-7-18(23)10-15(14)9-16(17)11-20(21)22(19)24/h3-12H,2H2,1H3/b4-3-,19-5+. The highest BCUT2D eigenvalue weighted by molar-refractivity contribution is 7.16. The molecule has 0 spiro atoms. The predicted molar refractivity (Wildman–Crippen MR) is 113 cm³/mol. The molecule has 25 heavy (non-hydrogen) atoms. The van der Waals surface area contributed by atoms with E-state index in [9.17, 15) is 4.79 Å². The van der Waals surface area contributed by atoms with Crippen LogP contribution in [0.15, 0.2) is 59.4 Å². The van der Waals surface area contributed by atoms with Crippen LogP contribution in [0.25, 0.3) is 44.3 Å². The highest BCUT2D eigenvalue weighted by Gasteiger charge is 2.06. The molecule has 0 aliphatic heterocycles. The Bertz CT molecular complexity index is 1350. The maximum atomic E-state index is 12.9. The van der Waals surface area contributed by atoms with Gasteiger partial charge in [0.1, 0.15) is 7.85 Å². The van der Waals surface area contributed by atoms with Crippen molar-refractivity contribution in [1.82, 2.24) is 0 Å². The lowest BCUT2D eigenvalue weighted by Crippen LogP contribution is -2.36. The van der Waals surface area contributed by atoms with E-state index in [2.05, 4.69) is 24.8 Å². The molecule has 0 atom stereocenters. The van der Waals surface area contributed by atoms with E-state index in [4.69, 9.17) is 7.85 Å². The van der Waals surface area contributed by atoms with Crippen LogP contribution in [0.3, 0.4) is 0 Å². The smallest absolute Gasteiger partial charge is 0.195 e. The van der Waals surface area contributed by atoms with Gasteiger partial charge in [0, 0.05) is 19.8 Å². The van der Waals surface area contributed by atoms with Crippen LogP contribution in [0.2, 0.25) is 0 Å². The summed E-state index contributed by atoms with van der Waals surface area (Å²) >= 11 is 1.56. The molecule has 2 radical (unpaired) electrons. The molecular formula is C22H15BOS. The summed E-state index contributed by atoms with van der Waals surface area (Å²) in [5.41, 5.74) is 0.774. The maximum Gasteiger partial charge on any atom is 0.195 e. The molecule has 118 valence electrons. The van der Waals surface area contributed by atoms with Gasteiger partial charge in [0.15, 0.2) is 5.43 Å². The molecule has 1 heterocycles. The Kier molecular flexibility index (Phi) is 3.82. The highest BCUT2D eigenvalue weighted by Crippen LogP contribution is 2.26. The minimum atomic E-state index is 0.0337. The van der Waals surface area contributed by atoms with Crippen molar-refractivity contribution in [3.05, 3.63) is 74.6 Å². The van der Waals surface area contributed by atoms with Crippen LogP contribution in [0, 0.1) is 0 Å². The van der Waals surface area contributed by atoms with Crippen molar-refractivity contribution < 1.29 is 0 Å². The summed E-state index contributed by atoms with van der Waals surface area (Å²) in [6.45, 7) is 5.99. The maximum absolute atomic E-state index is 12.9. The van der Waals surface area contributed by atoms with E-state index in [0.717, 1.165) is 41.6 Å². The average Bonchev–Trinajstić information content (AvgIpc) is 2.59. The van der Waals surface area contributed by atoms with Gasteiger partial charge >= 0.3 is 0 Å². The molecule has 0 aliphatic rings. The van der Waals surface area contributed by atoms with Gasteiger partial charge in [-0.2, -0.15) is 0 Å². The molecule has 4 aromatic rings. The summed E-state index contributed by atoms with van der Waals surface area (Å²) in [5, 5.41) is 5.79. The Balaban J connectivity index is 2.14. The van der Waals surface area contributed by atoms with Gasteiger partial charge in [-0.3, -0.25) is 4.79 Å². The number of rotatable bonds is 1. The number of hydrogen-bond donors (Lipinski definition) is 0. The first-order valence-corrected chi connectivity index (χ1v) is 8.90. The fourth-order valence-corrected chi connectivity index (χ4v) is 4.11. The van der Waals surface area contributed by atoms with Crippen LogP contribution in [-0.4, -0.2) is 7.85 Å². The molecule has 0 fully saturated rings. The van der Waals surface area contributed by atoms with Gasteiger partial charge < -0.3 is 0 Å². The Morgan fingerprint density at radius 2 is 1.72 bits per heavy atom. The first-order valence-electron chi connectivity index (χ1n) is 8.08. The molecule has 0 aliphatic carbocycles. The fourth-order valence-electron chi connectivity index (χ4n) is 3.13. The van der Waals surface area contributed by atoms with E-state index in [1.165, 1.54) is 0 Å². The second-order valence-electron chi connectivity index (χ2n) is 6.11. The second-order valence-corrected chi connectivity index (χ2v) is 7.25. The second kappa shape index (κ2) is 6.01. The van der Waals surface area contributed by atoms with Crippen LogP contribution in [0.5, 0.6) is 0 Å². The third-order valence-electron chi connectivity index (χ3n) is 4.40. The van der Waals surface area contributed by atoms with Crippen LogP contribution in [0.1, 0.15) is 6.92 Å². The molecule has 0 saturated carbocycles. The Morgan fingerprint density at radius 1 is 1.00 bits per heavy atom. The zero-order chi connectivity index (χ0) is 17.6. The predicted octanol–water partition coefficient (Wildman–Crippen LogP) is 3.13. The molecule has 0 saturated heterocycles. The molecule has 1 nitrogen and oxygen atoms in total. The van der Waals surface area contributed by atoms with Crippen LogP contribution in [0.4, 0.5) is 0 Å².